The number of hydrogen-bond acceptors (Lipinski definition) is 3. The molecule has 0 aliphatic carbocycles. The van der Waals surface area contributed by atoms with Crippen molar-refractivity contribution in [1.82, 2.24) is 5.32 Å². The summed E-state index contributed by atoms with van der Waals surface area (Å²) in [5.41, 5.74) is 0. The number of carbonyl (C=O) groups is 1. The van der Waals surface area contributed by atoms with Gasteiger partial charge in [-0.05, 0) is 19.3 Å². The molecule has 0 spiro atoms. The Morgan fingerprint density at radius 1 is 1.27 bits per heavy atom. The molecule has 0 aromatic heterocycles. The first-order valence-electron chi connectivity index (χ1n) is 5.77. The van der Waals surface area contributed by atoms with Crippen molar-refractivity contribution in [3.63, 3.8) is 0 Å². The lowest BCUT2D eigenvalue weighted by molar-refractivity contribution is -0.145. The summed E-state index contributed by atoms with van der Waals surface area (Å²) in [4.78, 5) is 11.3. The van der Waals surface area contributed by atoms with Crippen LogP contribution in [0.4, 0.5) is 0 Å². The van der Waals surface area contributed by atoms with Crippen LogP contribution >= 0.6 is 0 Å². The highest BCUT2D eigenvalue weighted by atomic mass is 16.5. The van der Waals surface area contributed by atoms with Crippen LogP contribution in [0.25, 0.3) is 0 Å². The van der Waals surface area contributed by atoms with E-state index in [0.29, 0.717) is 12.0 Å². The fourth-order valence-electron chi connectivity index (χ4n) is 1.65. The third kappa shape index (κ3) is 4.65. The van der Waals surface area contributed by atoms with Crippen LogP contribution in [0.2, 0.25) is 0 Å². The second-order valence-corrected chi connectivity index (χ2v) is 4.53. The van der Waals surface area contributed by atoms with Gasteiger partial charge in [-0.15, -0.1) is 0 Å². The molecule has 0 radical (unpaired) electrons. The van der Waals surface area contributed by atoms with Gasteiger partial charge in [-0.2, -0.15) is 0 Å². The van der Waals surface area contributed by atoms with Crippen molar-refractivity contribution < 1.29 is 9.53 Å². The highest BCUT2D eigenvalue weighted by Crippen LogP contribution is 2.11. The molecule has 0 aliphatic heterocycles. The van der Waals surface area contributed by atoms with Gasteiger partial charge in [-0.1, -0.05) is 27.7 Å². The number of nitrogens with one attached hydrogen (secondary N) is 1. The van der Waals surface area contributed by atoms with E-state index in [1.165, 1.54) is 7.11 Å². The smallest absolute Gasteiger partial charge is 0.309 e. The van der Waals surface area contributed by atoms with Crippen molar-refractivity contribution in [2.75, 3.05) is 7.11 Å². The first-order chi connectivity index (χ1) is 6.93. The molecule has 1 N–H and O–H groups in total. The SMILES string of the molecule is CCC(NC(C)C(C)C(=O)OC)C(C)C. The van der Waals surface area contributed by atoms with Gasteiger partial charge in [0.05, 0.1) is 13.0 Å². The third-order valence-corrected chi connectivity index (χ3v) is 3.04. The Balaban J connectivity index is 4.21. The third-order valence-electron chi connectivity index (χ3n) is 3.04. The summed E-state index contributed by atoms with van der Waals surface area (Å²) in [6.45, 7) is 10.5. The van der Waals surface area contributed by atoms with Crippen molar-refractivity contribution in [2.24, 2.45) is 11.8 Å². The largest absolute Gasteiger partial charge is 0.469 e. The molecular weight excluding hydrogens is 190 g/mol. The topological polar surface area (TPSA) is 38.3 Å². The summed E-state index contributed by atoms with van der Waals surface area (Å²) in [5, 5.41) is 3.48. The summed E-state index contributed by atoms with van der Waals surface area (Å²) >= 11 is 0. The predicted octanol–water partition coefficient (Wildman–Crippen LogP) is 2.21. The van der Waals surface area contributed by atoms with Crippen LogP contribution in [0.1, 0.15) is 41.0 Å². The number of hydrogen-bond donors (Lipinski definition) is 1. The molecular formula is C12H25NO2. The molecule has 3 heteroatoms. The highest BCUT2D eigenvalue weighted by Gasteiger charge is 2.23. The molecule has 15 heavy (non-hydrogen) atoms. The van der Waals surface area contributed by atoms with E-state index < -0.39 is 0 Å². The average Bonchev–Trinajstić information content (AvgIpc) is 2.22. The molecule has 0 aromatic rings. The van der Waals surface area contributed by atoms with Gasteiger partial charge in [0.15, 0.2) is 0 Å². The van der Waals surface area contributed by atoms with Gasteiger partial charge in [-0.25, -0.2) is 0 Å². The zero-order valence-electron chi connectivity index (χ0n) is 10.8. The van der Waals surface area contributed by atoms with Gasteiger partial charge in [0.2, 0.25) is 0 Å². The second-order valence-electron chi connectivity index (χ2n) is 4.53. The standard InChI is InChI=1S/C12H25NO2/c1-7-11(8(2)3)13-10(5)9(4)12(14)15-6/h8-11,13H,7H2,1-6H3. The molecule has 3 atom stereocenters. The van der Waals surface area contributed by atoms with Gasteiger partial charge in [-0.3, -0.25) is 4.79 Å². The molecule has 0 amide bonds. The van der Waals surface area contributed by atoms with Crippen molar-refractivity contribution in [1.29, 1.82) is 0 Å². The lowest BCUT2D eigenvalue weighted by atomic mass is 9.97. The van der Waals surface area contributed by atoms with Crippen LogP contribution < -0.4 is 5.32 Å². The van der Waals surface area contributed by atoms with Crippen LogP contribution in [0, 0.1) is 11.8 Å². The fraction of sp³-hybridized carbons (Fsp3) is 0.917. The zero-order valence-corrected chi connectivity index (χ0v) is 10.8. The molecule has 0 bridgehead atoms. The molecule has 3 unspecified atom stereocenters. The van der Waals surface area contributed by atoms with Crippen LogP contribution in [0.3, 0.4) is 0 Å². The van der Waals surface area contributed by atoms with Gasteiger partial charge in [0.1, 0.15) is 0 Å². The van der Waals surface area contributed by atoms with Crippen LogP contribution in [-0.4, -0.2) is 25.2 Å². The minimum atomic E-state index is -0.145. The Labute approximate surface area is 93.6 Å². The summed E-state index contributed by atoms with van der Waals surface area (Å²) in [5.74, 6) is 0.346. The Morgan fingerprint density at radius 2 is 1.80 bits per heavy atom. The van der Waals surface area contributed by atoms with E-state index >= 15 is 0 Å². The summed E-state index contributed by atoms with van der Waals surface area (Å²) in [7, 11) is 1.44. The van der Waals surface area contributed by atoms with Gasteiger partial charge in [0, 0.05) is 12.1 Å². The number of ether oxygens (including phenoxy) is 1. The highest BCUT2D eigenvalue weighted by molar-refractivity contribution is 5.72. The fourth-order valence-corrected chi connectivity index (χ4v) is 1.65. The van der Waals surface area contributed by atoms with Gasteiger partial charge >= 0.3 is 5.97 Å². The predicted molar refractivity (Wildman–Crippen MR) is 62.7 cm³/mol. The van der Waals surface area contributed by atoms with Gasteiger partial charge in [0.25, 0.3) is 0 Å². The molecule has 0 aromatic carbocycles. The normalized spacial score (nSPS) is 17.3. The maximum atomic E-state index is 11.3. The van der Waals surface area contributed by atoms with Crippen LogP contribution in [0.5, 0.6) is 0 Å². The summed E-state index contributed by atoms with van der Waals surface area (Å²) in [6, 6.07) is 0.622. The minimum absolute atomic E-state index is 0.0946. The van der Waals surface area contributed by atoms with E-state index in [1.54, 1.807) is 0 Å². The van der Waals surface area contributed by atoms with E-state index in [2.05, 4.69) is 26.1 Å². The summed E-state index contributed by atoms with van der Waals surface area (Å²) in [6.07, 6.45) is 1.08. The van der Waals surface area contributed by atoms with Crippen molar-refractivity contribution in [3.05, 3.63) is 0 Å². The quantitative estimate of drug-likeness (QED) is 0.690. The zero-order chi connectivity index (χ0) is 12.0. The number of rotatable bonds is 6. The molecule has 0 rings (SSSR count). The van der Waals surface area contributed by atoms with E-state index in [4.69, 9.17) is 4.74 Å². The van der Waals surface area contributed by atoms with Crippen LogP contribution in [0.15, 0.2) is 0 Å². The van der Waals surface area contributed by atoms with Crippen molar-refractivity contribution >= 4 is 5.97 Å². The molecule has 90 valence electrons. The second kappa shape index (κ2) is 6.83. The first-order valence-corrected chi connectivity index (χ1v) is 5.77. The molecule has 0 saturated heterocycles. The number of carbonyl (C=O) groups excluding carboxylic acids is 1. The molecule has 0 aliphatic rings. The minimum Gasteiger partial charge on any atom is -0.469 e. The Morgan fingerprint density at radius 3 is 2.13 bits per heavy atom. The molecule has 3 nitrogen and oxygen atoms in total. The van der Waals surface area contributed by atoms with E-state index in [1.807, 2.05) is 13.8 Å². The maximum Gasteiger partial charge on any atom is 0.309 e. The Hall–Kier alpha value is -0.570. The van der Waals surface area contributed by atoms with E-state index in [9.17, 15) is 4.79 Å². The number of esters is 1. The monoisotopic (exact) mass is 215 g/mol. The van der Waals surface area contributed by atoms with Crippen molar-refractivity contribution in [2.45, 2.75) is 53.1 Å². The molecule has 0 heterocycles. The summed E-state index contributed by atoms with van der Waals surface area (Å²) < 4.78 is 4.73. The lowest BCUT2D eigenvalue weighted by Crippen LogP contribution is -2.44. The van der Waals surface area contributed by atoms with E-state index in [-0.39, 0.29) is 17.9 Å². The average molecular weight is 215 g/mol. The first kappa shape index (κ1) is 14.4. The maximum absolute atomic E-state index is 11.3. The Kier molecular flexibility index (Phi) is 6.57. The number of methoxy groups -OCH3 is 1. The Bertz CT molecular complexity index is 192. The van der Waals surface area contributed by atoms with Crippen molar-refractivity contribution in [3.8, 4) is 0 Å². The van der Waals surface area contributed by atoms with E-state index in [0.717, 1.165) is 6.42 Å². The lowest BCUT2D eigenvalue weighted by Gasteiger charge is -2.27. The molecule has 0 fully saturated rings. The molecule has 0 saturated carbocycles. The van der Waals surface area contributed by atoms with Gasteiger partial charge < -0.3 is 10.1 Å². The van der Waals surface area contributed by atoms with Crippen LogP contribution in [-0.2, 0) is 9.53 Å².